The lowest BCUT2D eigenvalue weighted by Gasteiger charge is -2.29. The fourth-order valence-corrected chi connectivity index (χ4v) is 4.78. The number of benzene rings is 3. The Morgan fingerprint density at radius 2 is 1.78 bits per heavy atom. The molecular formula is C25H24BrCl2FN2O. The first-order valence-corrected chi connectivity index (χ1v) is 12.2. The first kappa shape index (κ1) is 23.2. The average molecular weight is 538 g/mol. The van der Waals surface area contributed by atoms with Gasteiger partial charge in [-0.2, -0.15) is 0 Å². The summed E-state index contributed by atoms with van der Waals surface area (Å²) in [6, 6.07) is 16.4. The standard InChI is InChI=1S/C25H24BrCl2FN2O/c26-18-7-10-25(32-16-20-21(27)5-4-6-23(20)29)17(13-18)15-30-19-8-9-24(22(28)14-19)31-11-2-1-3-12-31/h4-10,13-14,30H,1-3,11-12,15-16H2. The second-order valence-corrected chi connectivity index (χ2v) is 9.54. The van der Waals surface area contributed by atoms with Crippen LogP contribution in [0.2, 0.25) is 10.0 Å². The number of ether oxygens (including phenoxy) is 1. The summed E-state index contributed by atoms with van der Waals surface area (Å²) >= 11 is 16.2. The van der Waals surface area contributed by atoms with Gasteiger partial charge in [0.05, 0.1) is 15.7 Å². The molecule has 1 N–H and O–H groups in total. The van der Waals surface area contributed by atoms with Gasteiger partial charge in [-0.05, 0) is 67.8 Å². The fourth-order valence-electron chi connectivity index (χ4n) is 3.85. The second kappa shape index (κ2) is 10.8. The molecule has 4 rings (SSSR count). The van der Waals surface area contributed by atoms with Crippen molar-refractivity contribution >= 4 is 50.5 Å². The van der Waals surface area contributed by atoms with E-state index in [4.69, 9.17) is 27.9 Å². The van der Waals surface area contributed by atoms with Crippen LogP contribution in [0.25, 0.3) is 0 Å². The molecule has 3 nitrogen and oxygen atoms in total. The number of nitrogens with one attached hydrogen (secondary N) is 1. The van der Waals surface area contributed by atoms with Gasteiger partial charge in [0.15, 0.2) is 0 Å². The Balaban J connectivity index is 1.45. The molecule has 0 aromatic heterocycles. The largest absolute Gasteiger partial charge is 0.488 e. The van der Waals surface area contributed by atoms with E-state index in [-0.39, 0.29) is 12.4 Å². The number of anilines is 2. The lowest BCUT2D eigenvalue weighted by Crippen LogP contribution is -2.29. The van der Waals surface area contributed by atoms with E-state index in [0.29, 0.717) is 22.9 Å². The molecule has 0 bridgehead atoms. The molecule has 0 atom stereocenters. The SMILES string of the molecule is Fc1cccc(Cl)c1COc1ccc(Br)cc1CNc1ccc(N2CCCCC2)c(Cl)c1. The number of hydrogen-bond donors (Lipinski definition) is 1. The first-order chi connectivity index (χ1) is 15.5. The molecule has 0 aliphatic carbocycles. The smallest absolute Gasteiger partial charge is 0.131 e. The fraction of sp³-hybridized carbons (Fsp3) is 0.280. The Hall–Kier alpha value is -1.95. The molecule has 0 radical (unpaired) electrons. The van der Waals surface area contributed by atoms with Crippen molar-refractivity contribution in [3.8, 4) is 5.75 Å². The molecule has 1 heterocycles. The lowest BCUT2D eigenvalue weighted by atomic mass is 10.1. The summed E-state index contributed by atoms with van der Waals surface area (Å²) in [5, 5.41) is 4.52. The minimum Gasteiger partial charge on any atom is -0.488 e. The maximum Gasteiger partial charge on any atom is 0.131 e. The van der Waals surface area contributed by atoms with Crippen LogP contribution in [0.5, 0.6) is 5.75 Å². The highest BCUT2D eigenvalue weighted by molar-refractivity contribution is 9.10. The average Bonchev–Trinajstić information content (AvgIpc) is 2.79. The van der Waals surface area contributed by atoms with Crippen LogP contribution in [-0.2, 0) is 13.2 Å². The monoisotopic (exact) mass is 536 g/mol. The summed E-state index contributed by atoms with van der Waals surface area (Å²) in [5.41, 5.74) is 3.29. The molecule has 0 saturated carbocycles. The van der Waals surface area contributed by atoms with Crippen molar-refractivity contribution in [3.05, 3.63) is 86.1 Å². The van der Waals surface area contributed by atoms with Gasteiger partial charge < -0.3 is 15.0 Å². The molecule has 168 valence electrons. The van der Waals surface area contributed by atoms with Gasteiger partial charge in [0, 0.05) is 40.9 Å². The molecule has 1 fully saturated rings. The van der Waals surface area contributed by atoms with Crippen LogP contribution in [0.15, 0.2) is 59.1 Å². The first-order valence-electron chi connectivity index (χ1n) is 10.6. The Labute approximate surface area is 206 Å². The number of rotatable bonds is 7. The van der Waals surface area contributed by atoms with Crippen LogP contribution in [-0.4, -0.2) is 13.1 Å². The summed E-state index contributed by atoms with van der Waals surface area (Å²) in [5.74, 6) is 0.286. The molecule has 3 aromatic carbocycles. The van der Waals surface area contributed by atoms with Crippen LogP contribution >= 0.6 is 39.1 Å². The number of nitrogens with zero attached hydrogens (tertiary/aromatic N) is 1. The summed E-state index contributed by atoms with van der Waals surface area (Å²) in [6.45, 7) is 2.68. The Morgan fingerprint density at radius 3 is 2.53 bits per heavy atom. The highest BCUT2D eigenvalue weighted by atomic mass is 79.9. The van der Waals surface area contributed by atoms with Crippen molar-refractivity contribution in [3.63, 3.8) is 0 Å². The van der Waals surface area contributed by atoms with Crippen molar-refractivity contribution < 1.29 is 9.13 Å². The maximum atomic E-state index is 14.1. The molecule has 3 aromatic rings. The molecule has 0 unspecified atom stereocenters. The highest BCUT2D eigenvalue weighted by Crippen LogP contribution is 2.32. The number of piperidine rings is 1. The molecule has 0 spiro atoms. The molecule has 0 amide bonds. The van der Waals surface area contributed by atoms with E-state index >= 15 is 0 Å². The molecular weight excluding hydrogens is 514 g/mol. The third-order valence-electron chi connectivity index (χ3n) is 5.58. The molecule has 1 aliphatic rings. The van der Waals surface area contributed by atoms with E-state index in [0.717, 1.165) is 39.5 Å². The van der Waals surface area contributed by atoms with Crippen molar-refractivity contribution in [1.82, 2.24) is 0 Å². The van der Waals surface area contributed by atoms with Crippen molar-refractivity contribution in [2.45, 2.75) is 32.4 Å². The quantitative estimate of drug-likeness (QED) is 0.329. The number of hydrogen-bond acceptors (Lipinski definition) is 3. The lowest BCUT2D eigenvalue weighted by molar-refractivity contribution is 0.297. The van der Waals surface area contributed by atoms with E-state index in [9.17, 15) is 4.39 Å². The second-order valence-electron chi connectivity index (χ2n) is 7.81. The molecule has 32 heavy (non-hydrogen) atoms. The summed E-state index contributed by atoms with van der Waals surface area (Å²) in [4.78, 5) is 2.35. The minimum atomic E-state index is -0.377. The third-order valence-corrected chi connectivity index (χ3v) is 6.73. The van der Waals surface area contributed by atoms with Gasteiger partial charge >= 0.3 is 0 Å². The molecule has 7 heteroatoms. The van der Waals surface area contributed by atoms with Crippen molar-refractivity contribution in [2.24, 2.45) is 0 Å². The van der Waals surface area contributed by atoms with Gasteiger partial charge in [0.1, 0.15) is 18.2 Å². The zero-order chi connectivity index (χ0) is 22.5. The van der Waals surface area contributed by atoms with Gasteiger partial charge in [-0.25, -0.2) is 4.39 Å². The molecule has 1 aliphatic heterocycles. The van der Waals surface area contributed by atoms with Crippen molar-refractivity contribution in [1.29, 1.82) is 0 Å². The van der Waals surface area contributed by atoms with E-state index in [1.807, 2.05) is 30.3 Å². The third kappa shape index (κ3) is 5.69. The van der Waals surface area contributed by atoms with E-state index < -0.39 is 0 Å². The summed E-state index contributed by atoms with van der Waals surface area (Å²) in [6.07, 6.45) is 3.70. The Kier molecular flexibility index (Phi) is 7.82. The van der Waals surface area contributed by atoms with Crippen LogP contribution in [0.1, 0.15) is 30.4 Å². The zero-order valence-corrected chi connectivity index (χ0v) is 20.6. The predicted molar refractivity (Wildman–Crippen MR) is 135 cm³/mol. The normalized spacial score (nSPS) is 13.8. The molecule has 1 saturated heterocycles. The summed E-state index contributed by atoms with van der Waals surface area (Å²) < 4.78 is 21.0. The van der Waals surface area contributed by atoms with Gasteiger partial charge in [0.2, 0.25) is 0 Å². The van der Waals surface area contributed by atoms with E-state index in [1.54, 1.807) is 12.1 Å². The number of halogens is 4. The van der Waals surface area contributed by atoms with E-state index in [1.165, 1.54) is 25.3 Å². The maximum absolute atomic E-state index is 14.1. The van der Waals surface area contributed by atoms with Gasteiger partial charge in [0.25, 0.3) is 0 Å². The van der Waals surface area contributed by atoms with Crippen LogP contribution in [0, 0.1) is 5.82 Å². The summed E-state index contributed by atoms with van der Waals surface area (Å²) in [7, 11) is 0. The van der Waals surface area contributed by atoms with Gasteiger partial charge in [-0.15, -0.1) is 0 Å². The topological polar surface area (TPSA) is 24.5 Å². The zero-order valence-electron chi connectivity index (χ0n) is 17.5. The predicted octanol–water partition coefficient (Wildman–Crippen LogP) is 8.08. The van der Waals surface area contributed by atoms with Crippen LogP contribution in [0.4, 0.5) is 15.8 Å². The minimum absolute atomic E-state index is 0.0521. The Bertz CT molecular complexity index is 1070. The van der Waals surface area contributed by atoms with Crippen molar-refractivity contribution in [2.75, 3.05) is 23.3 Å². The van der Waals surface area contributed by atoms with E-state index in [2.05, 4.69) is 32.2 Å². The highest BCUT2D eigenvalue weighted by Gasteiger charge is 2.15. The van der Waals surface area contributed by atoms with Gasteiger partial charge in [-0.3, -0.25) is 0 Å². The van der Waals surface area contributed by atoms with Crippen LogP contribution < -0.4 is 15.0 Å². The Morgan fingerprint density at radius 1 is 0.969 bits per heavy atom. The van der Waals surface area contributed by atoms with Gasteiger partial charge in [-0.1, -0.05) is 45.2 Å². The van der Waals surface area contributed by atoms with Crippen LogP contribution in [0.3, 0.4) is 0 Å².